The zero-order valence-electron chi connectivity index (χ0n) is 18.0. The lowest BCUT2D eigenvalue weighted by atomic mass is 10.2. The number of thioether (sulfide) groups is 1. The van der Waals surface area contributed by atoms with E-state index in [4.69, 9.17) is 27.9 Å². The van der Waals surface area contributed by atoms with Gasteiger partial charge in [-0.3, -0.25) is 19.3 Å². The van der Waals surface area contributed by atoms with Crippen LogP contribution < -0.4 is 10.1 Å². The number of amides is 3. The highest BCUT2D eigenvalue weighted by molar-refractivity contribution is 9.10. The summed E-state index contributed by atoms with van der Waals surface area (Å²) in [7, 11) is 0. The summed E-state index contributed by atoms with van der Waals surface area (Å²) in [6, 6.07) is 19.3. The lowest BCUT2D eigenvalue weighted by molar-refractivity contribution is -0.127. The van der Waals surface area contributed by atoms with Gasteiger partial charge in [-0.1, -0.05) is 47.5 Å². The predicted molar refractivity (Wildman–Crippen MR) is 143 cm³/mol. The van der Waals surface area contributed by atoms with E-state index in [2.05, 4.69) is 21.2 Å². The Labute approximate surface area is 224 Å². The third-order valence-corrected chi connectivity index (χ3v) is 7.05. The molecule has 4 rings (SSSR count). The van der Waals surface area contributed by atoms with Gasteiger partial charge in [-0.25, -0.2) is 0 Å². The average Bonchev–Trinajstić information content (AvgIpc) is 3.08. The number of imide groups is 1. The van der Waals surface area contributed by atoms with Gasteiger partial charge in [0, 0.05) is 21.3 Å². The molecule has 10 heteroatoms. The molecular formula is C25H17BrCl2N2O4S. The van der Waals surface area contributed by atoms with Crippen molar-refractivity contribution < 1.29 is 19.1 Å². The minimum absolute atomic E-state index is 0.228. The Morgan fingerprint density at radius 2 is 1.80 bits per heavy atom. The summed E-state index contributed by atoms with van der Waals surface area (Å²) in [6.07, 6.45) is 1.60. The Morgan fingerprint density at radius 1 is 1.06 bits per heavy atom. The van der Waals surface area contributed by atoms with E-state index in [0.717, 1.165) is 22.2 Å². The number of anilines is 1. The van der Waals surface area contributed by atoms with Gasteiger partial charge in [0.25, 0.3) is 11.1 Å². The van der Waals surface area contributed by atoms with E-state index < -0.39 is 17.1 Å². The van der Waals surface area contributed by atoms with Crippen molar-refractivity contribution in [2.24, 2.45) is 0 Å². The minimum Gasteiger partial charge on any atom is -0.488 e. The maximum atomic E-state index is 12.8. The molecular weight excluding hydrogens is 575 g/mol. The summed E-state index contributed by atoms with van der Waals surface area (Å²) in [4.78, 5) is 38.6. The SMILES string of the molecule is O=C(CN1C(=O)S/C(=C/c2ccc(OCc3ccccc3Cl)c(Br)c2)C1=O)Nc1ccc(Cl)cc1. The van der Waals surface area contributed by atoms with Gasteiger partial charge in [-0.2, -0.15) is 0 Å². The smallest absolute Gasteiger partial charge is 0.294 e. The first kappa shape index (κ1) is 25.3. The maximum absolute atomic E-state index is 12.8. The summed E-state index contributed by atoms with van der Waals surface area (Å²) in [6.45, 7) is -0.0856. The van der Waals surface area contributed by atoms with Gasteiger partial charge in [-0.15, -0.1) is 0 Å². The van der Waals surface area contributed by atoms with Crippen LogP contribution in [0.4, 0.5) is 10.5 Å². The normalized spacial score (nSPS) is 14.5. The number of rotatable bonds is 7. The van der Waals surface area contributed by atoms with Crippen molar-refractivity contribution in [3.8, 4) is 5.75 Å². The standard InChI is InChI=1S/C25H17BrCl2N2O4S/c26-19-11-15(5-10-21(19)34-14-16-3-1-2-4-20(16)28)12-22-24(32)30(25(33)35-22)13-23(31)29-18-8-6-17(27)7-9-18/h1-12H,13-14H2,(H,29,31)/b22-12+. The van der Waals surface area contributed by atoms with Crippen LogP contribution in [0.1, 0.15) is 11.1 Å². The minimum atomic E-state index is -0.526. The van der Waals surface area contributed by atoms with Crippen LogP contribution in [0.15, 0.2) is 76.1 Å². The Morgan fingerprint density at radius 3 is 2.51 bits per heavy atom. The fourth-order valence-electron chi connectivity index (χ4n) is 3.16. The summed E-state index contributed by atoms with van der Waals surface area (Å²) in [5.41, 5.74) is 2.07. The van der Waals surface area contributed by atoms with Crippen molar-refractivity contribution in [2.45, 2.75) is 6.61 Å². The number of carbonyl (C=O) groups is 3. The molecule has 0 bridgehead atoms. The Kier molecular flexibility index (Phi) is 8.18. The third kappa shape index (κ3) is 6.46. The highest BCUT2D eigenvalue weighted by atomic mass is 79.9. The number of hydrogen-bond donors (Lipinski definition) is 1. The lowest BCUT2D eigenvalue weighted by Crippen LogP contribution is -2.36. The van der Waals surface area contributed by atoms with E-state index in [0.29, 0.717) is 38.1 Å². The van der Waals surface area contributed by atoms with Crippen molar-refractivity contribution in [1.82, 2.24) is 4.90 Å². The number of nitrogens with zero attached hydrogens (tertiary/aromatic N) is 1. The van der Waals surface area contributed by atoms with Crippen LogP contribution in [0.5, 0.6) is 5.75 Å². The van der Waals surface area contributed by atoms with Crippen LogP contribution >= 0.6 is 50.9 Å². The molecule has 35 heavy (non-hydrogen) atoms. The Balaban J connectivity index is 1.40. The molecule has 0 atom stereocenters. The molecule has 1 aliphatic heterocycles. The number of carbonyl (C=O) groups excluding carboxylic acids is 3. The van der Waals surface area contributed by atoms with Gasteiger partial charge in [0.2, 0.25) is 5.91 Å². The largest absolute Gasteiger partial charge is 0.488 e. The molecule has 0 unspecified atom stereocenters. The Hall–Kier alpha value is -2.78. The molecule has 3 aromatic carbocycles. The number of ether oxygens (including phenoxy) is 1. The van der Waals surface area contributed by atoms with Crippen LogP contribution in [-0.2, 0) is 16.2 Å². The number of nitrogens with one attached hydrogen (secondary N) is 1. The molecule has 1 N–H and O–H groups in total. The van der Waals surface area contributed by atoms with Crippen LogP contribution in [0.3, 0.4) is 0 Å². The topological polar surface area (TPSA) is 75.7 Å². The molecule has 6 nitrogen and oxygen atoms in total. The highest BCUT2D eigenvalue weighted by Gasteiger charge is 2.36. The molecule has 0 aromatic heterocycles. The molecule has 1 heterocycles. The van der Waals surface area contributed by atoms with Gasteiger partial charge < -0.3 is 10.1 Å². The second kappa shape index (κ2) is 11.3. The van der Waals surface area contributed by atoms with E-state index in [9.17, 15) is 14.4 Å². The molecule has 0 aliphatic carbocycles. The Bertz CT molecular complexity index is 1330. The molecule has 0 radical (unpaired) electrons. The second-order valence-electron chi connectivity index (χ2n) is 7.39. The van der Waals surface area contributed by atoms with Gasteiger partial charge in [-0.05, 0) is 81.8 Å². The predicted octanol–water partition coefficient (Wildman–Crippen LogP) is 7.01. The zero-order chi connectivity index (χ0) is 24.9. The van der Waals surface area contributed by atoms with Crippen LogP contribution in [-0.4, -0.2) is 28.5 Å². The first-order valence-corrected chi connectivity index (χ1v) is 12.6. The monoisotopic (exact) mass is 590 g/mol. The van der Waals surface area contributed by atoms with Gasteiger partial charge in [0.15, 0.2) is 0 Å². The summed E-state index contributed by atoms with van der Waals surface area (Å²) >= 11 is 16.3. The van der Waals surface area contributed by atoms with E-state index in [1.807, 2.05) is 18.2 Å². The molecule has 1 aliphatic rings. The molecule has 178 valence electrons. The maximum Gasteiger partial charge on any atom is 0.294 e. The summed E-state index contributed by atoms with van der Waals surface area (Å²) in [5, 5.41) is 3.29. The van der Waals surface area contributed by atoms with Crippen molar-refractivity contribution in [3.63, 3.8) is 0 Å². The fourth-order valence-corrected chi connectivity index (χ4v) is 4.83. The van der Waals surface area contributed by atoms with Crippen LogP contribution in [0.25, 0.3) is 6.08 Å². The fraction of sp³-hybridized carbons (Fsp3) is 0.0800. The second-order valence-corrected chi connectivity index (χ2v) is 10.1. The number of benzene rings is 3. The first-order chi connectivity index (χ1) is 16.8. The van der Waals surface area contributed by atoms with Crippen LogP contribution in [0, 0.1) is 0 Å². The van der Waals surface area contributed by atoms with Crippen molar-refractivity contribution in [2.75, 3.05) is 11.9 Å². The highest BCUT2D eigenvalue weighted by Crippen LogP contribution is 2.34. The van der Waals surface area contributed by atoms with Gasteiger partial charge in [0.05, 0.1) is 9.38 Å². The first-order valence-electron chi connectivity index (χ1n) is 10.3. The van der Waals surface area contributed by atoms with Gasteiger partial charge >= 0.3 is 0 Å². The third-order valence-electron chi connectivity index (χ3n) is 4.90. The van der Waals surface area contributed by atoms with E-state index >= 15 is 0 Å². The molecule has 3 aromatic rings. The van der Waals surface area contributed by atoms with E-state index in [1.165, 1.54) is 0 Å². The zero-order valence-corrected chi connectivity index (χ0v) is 21.9. The van der Waals surface area contributed by atoms with Gasteiger partial charge in [0.1, 0.15) is 18.9 Å². The molecule has 1 saturated heterocycles. The van der Waals surface area contributed by atoms with Crippen molar-refractivity contribution >= 4 is 79.7 Å². The van der Waals surface area contributed by atoms with E-state index in [1.54, 1.807) is 54.6 Å². The van der Waals surface area contributed by atoms with Crippen molar-refractivity contribution in [3.05, 3.63) is 97.3 Å². The summed E-state index contributed by atoms with van der Waals surface area (Å²) in [5.74, 6) is -0.408. The van der Waals surface area contributed by atoms with E-state index in [-0.39, 0.29) is 11.4 Å². The average molecular weight is 592 g/mol. The number of halogens is 3. The molecule has 3 amide bonds. The molecule has 1 fully saturated rings. The quantitative estimate of drug-likeness (QED) is 0.299. The lowest BCUT2D eigenvalue weighted by Gasteiger charge is -2.12. The summed E-state index contributed by atoms with van der Waals surface area (Å²) < 4.78 is 6.53. The van der Waals surface area contributed by atoms with Crippen LogP contribution in [0.2, 0.25) is 10.0 Å². The molecule has 0 spiro atoms. The van der Waals surface area contributed by atoms with Crippen molar-refractivity contribution in [1.29, 1.82) is 0 Å². The number of hydrogen-bond acceptors (Lipinski definition) is 5. The molecule has 0 saturated carbocycles.